The van der Waals surface area contributed by atoms with Gasteiger partial charge < -0.3 is 0 Å². The molecule has 1 heterocycles. The molecule has 606 valence electrons. The summed E-state index contributed by atoms with van der Waals surface area (Å²) in [5, 5.41) is 0. The summed E-state index contributed by atoms with van der Waals surface area (Å²) in [5.74, 6) is 2.11. The Morgan fingerprint density at radius 3 is 0.922 bits per heavy atom. The predicted octanol–water partition coefficient (Wildman–Crippen LogP) is 33.2. The molecule has 0 atom stereocenters. The molecule has 0 radical (unpaired) electrons. The molecular weight excluding hydrogens is 1400 g/mol. The molecule has 0 spiro atoms. The zero-order valence-electron chi connectivity index (χ0n) is 73.0. The third-order valence-corrected chi connectivity index (χ3v) is 26.5. The van der Waals surface area contributed by atoms with E-state index < -0.39 is 5.41 Å². The topological polar surface area (TPSA) is 38.7 Å². The van der Waals surface area contributed by atoms with Crippen molar-refractivity contribution < 1.29 is 0 Å². The predicted molar refractivity (Wildman–Crippen MR) is 501 cm³/mol. The van der Waals surface area contributed by atoms with Gasteiger partial charge in [0.2, 0.25) is 0 Å². The number of rotatable bonds is 47. The molecule has 0 aliphatic heterocycles. The van der Waals surface area contributed by atoms with E-state index in [1.807, 2.05) is 0 Å². The van der Waals surface area contributed by atoms with Crippen molar-refractivity contribution in [2.75, 3.05) is 0 Å². The zero-order valence-corrected chi connectivity index (χ0v) is 73.0. The molecule has 0 unspecified atom stereocenters. The van der Waals surface area contributed by atoms with Gasteiger partial charge in [0.15, 0.2) is 17.5 Å². The number of nitrogens with zero attached hydrogens (tertiary/aromatic N) is 3. The van der Waals surface area contributed by atoms with E-state index in [1.165, 1.54) is 335 Å². The Kier molecular flexibility index (Phi) is 31.2. The van der Waals surface area contributed by atoms with Crippen molar-refractivity contribution in [2.45, 2.75) is 324 Å². The van der Waals surface area contributed by atoms with Crippen LogP contribution in [0, 0.1) is 13.8 Å². The van der Waals surface area contributed by atoms with Crippen molar-refractivity contribution in [1.29, 1.82) is 0 Å². The number of fused-ring (bicyclic) bond motifs is 6. The fourth-order valence-electron chi connectivity index (χ4n) is 19.6. The van der Waals surface area contributed by atoms with Crippen LogP contribution in [0.15, 0.2) is 206 Å². The van der Waals surface area contributed by atoms with Gasteiger partial charge in [-0.25, -0.2) is 15.0 Å². The molecule has 0 N–H and O–H groups in total. The maximum absolute atomic E-state index is 5.29. The summed E-state index contributed by atoms with van der Waals surface area (Å²) < 4.78 is 0. The lowest BCUT2D eigenvalue weighted by Gasteiger charge is -2.35. The Morgan fingerprint density at radius 1 is 0.216 bits per heavy atom. The van der Waals surface area contributed by atoms with Crippen LogP contribution in [0.5, 0.6) is 0 Å². The standard InChI is InChI=1S/C113H139N3/c1-10-17-24-31-33-40-75-112(76-41-34-32-25-18-11-2)105-80-92(93-65-73-102-101-71-49-84(9)77-107(101)113(108(102)81-93,97-67-52-86(53-68-97)43-36-27-20-13-4)98-69-54-87(55-70-98)44-37-28-21-14-5)64-72-99(105)100-74-66-96(82-106(100)112)104-79-94(45-38-29-22-15-6)103(78-95(104)46-39-30-23-16-7)88-60-62-91(63-61-88)111-115-109(89-56-47-83(8)48-57-89)114-110(116-111)90-58-50-85(51-59-90)42-35-26-19-12-3/h47-74,77-82H,10-46,75-76H2,1-9H3. The fraction of sp³-hybridized carbons (Fsp3) is 0.442. The highest BCUT2D eigenvalue weighted by Gasteiger charge is 2.47. The van der Waals surface area contributed by atoms with Crippen molar-refractivity contribution in [1.82, 2.24) is 15.0 Å². The van der Waals surface area contributed by atoms with Gasteiger partial charge in [-0.1, -0.05) is 421 Å². The van der Waals surface area contributed by atoms with E-state index in [2.05, 4.69) is 269 Å². The molecule has 0 amide bonds. The van der Waals surface area contributed by atoms with Crippen molar-refractivity contribution in [3.05, 3.63) is 279 Å². The second-order valence-electron chi connectivity index (χ2n) is 35.3. The van der Waals surface area contributed by atoms with Gasteiger partial charge >= 0.3 is 0 Å². The normalized spacial score (nSPS) is 13.0. The molecule has 2 aliphatic carbocycles. The smallest absolute Gasteiger partial charge is 0.164 e. The number of unbranched alkanes of at least 4 members (excludes halogenated alkanes) is 25. The zero-order chi connectivity index (χ0) is 80.5. The minimum atomic E-state index is -0.501. The van der Waals surface area contributed by atoms with Crippen molar-refractivity contribution >= 4 is 0 Å². The van der Waals surface area contributed by atoms with Gasteiger partial charge in [0.1, 0.15) is 0 Å². The largest absolute Gasteiger partial charge is 0.208 e. The summed E-state index contributed by atoms with van der Waals surface area (Å²) in [4.78, 5) is 15.7. The van der Waals surface area contributed by atoms with Gasteiger partial charge in [-0.05, 0) is 226 Å². The summed E-state index contributed by atoms with van der Waals surface area (Å²) in [6.07, 6.45) is 48.2. The number of hydrogen-bond acceptors (Lipinski definition) is 3. The molecule has 0 fully saturated rings. The molecule has 0 saturated heterocycles. The number of aromatic nitrogens is 3. The van der Waals surface area contributed by atoms with Gasteiger partial charge in [-0.2, -0.15) is 0 Å². The molecule has 2 aliphatic rings. The SMILES string of the molecule is CCCCCCCCC1(CCCCCCCC)c2cc(-c3ccc4c(c3)C(c3ccc(CCCCCC)cc3)(c3ccc(CCCCCC)cc3)c3cc(C)ccc3-4)ccc2-c2ccc(-c3cc(CCCCCC)c(-c4ccc(-c5nc(-c6ccc(C)cc6)nc(-c6ccc(CCCCCC)cc6)n5)cc4)cc3CCCCCC)cc21. The lowest BCUT2D eigenvalue weighted by molar-refractivity contribution is 0.398. The first-order valence-corrected chi connectivity index (χ1v) is 47.0. The quantitative estimate of drug-likeness (QED) is 0.0357. The van der Waals surface area contributed by atoms with E-state index >= 15 is 0 Å². The van der Waals surface area contributed by atoms with E-state index in [4.69, 9.17) is 15.0 Å². The molecule has 3 heteroatoms. The molecule has 1 aromatic heterocycles. The summed E-state index contributed by atoms with van der Waals surface area (Å²) in [5.41, 5.74) is 34.5. The van der Waals surface area contributed by atoms with Gasteiger partial charge in [0.25, 0.3) is 0 Å². The molecular formula is C113H139N3. The van der Waals surface area contributed by atoms with Crippen LogP contribution < -0.4 is 0 Å². The molecule has 116 heavy (non-hydrogen) atoms. The Hall–Kier alpha value is -8.79. The van der Waals surface area contributed by atoms with E-state index in [0.29, 0.717) is 17.5 Å². The molecule has 0 saturated carbocycles. The molecule has 13 rings (SSSR count). The van der Waals surface area contributed by atoms with Crippen molar-refractivity contribution in [3.63, 3.8) is 0 Å². The third kappa shape index (κ3) is 20.3. The number of benzene rings is 10. The first-order chi connectivity index (χ1) is 57.0. The second kappa shape index (κ2) is 42.6. The first-order valence-electron chi connectivity index (χ1n) is 47.0. The Labute approximate surface area is 702 Å². The molecule has 0 bridgehead atoms. The van der Waals surface area contributed by atoms with Crippen molar-refractivity contribution in [2.24, 2.45) is 0 Å². The average Bonchev–Trinajstić information content (AvgIpc) is 1.52. The van der Waals surface area contributed by atoms with E-state index in [9.17, 15) is 0 Å². The van der Waals surface area contributed by atoms with Crippen LogP contribution in [0.3, 0.4) is 0 Å². The van der Waals surface area contributed by atoms with Crippen LogP contribution in [0.4, 0.5) is 0 Å². The maximum Gasteiger partial charge on any atom is 0.164 e. The van der Waals surface area contributed by atoms with Gasteiger partial charge in [0, 0.05) is 22.1 Å². The minimum Gasteiger partial charge on any atom is -0.208 e. The van der Waals surface area contributed by atoms with Crippen LogP contribution >= 0.6 is 0 Å². The van der Waals surface area contributed by atoms with Crippen molar-refractivity contribution in [3.8, 4) is 89.8 Å². The van der Waals surface area contributed by atoms with Crippen LogP contribution in [-0.2, 0) is 42.9 Å². The highest BCUT2D eigenvalue weighted by molar-refractivity contribution is 5.91. The highest BCUT2D eigenvalue weighted by Crippen LogP contribution is 2.59. The lowest BCUT2D eigenvalue weighted by atomic mass is 9.67. The van der Waals surface area contributed by atoms with E-state index in [0.717, 1.165) is 48.8 Å². The van der Waals surface area contributed by atoms with Crippen LogP contribution in [-0.4, -0.2) is 15.0 Å². The monoisotopic (exact) mass is 1540 g/mol. The Balaban J connectivity index is 0.924. The van der Waals surface area contributed by atoms with Crippen LogP contribution in [0.25, 0.3) is 89.8 Å². The molecule has 11 aromatic rings. The third-order valence-electron chi connectivity index (χ3n) is 26.5. The van der Waals surface area contributed by atoms with Crippen LogP contribution in [0.1, 0.15) is 339 Å². The van der Waals surface area contributed by atoms with Gasteiger partial charge in [-0.15, -0.1) is 0 Å². The van der Waals surface area contributed by atoms with Gasteiger partial charge in [0.05, 0.1) is 5.41 Å². The number of hydrogen-bond donors (Lipinski definition) is 0. The van der Waals surface area contributed by atoms with E-state index in [1.54, 1.807) is 11.1 Å². The number of aryl methyl sites for hydroxylation is 7. The minimum absolute atomic E-state index is 0.138. The summed E-state index contributed by atoms with van der Waals surface area (Å²) in [6, 6.07) is 83.0. The Bertz CT molecular complexity index is 4820. The molecule has 10 aromatic carbocycles. The summed E-state index contributed by atoms with van der Waals surface area (Å²) in [6.45, 7) is 20.8. The molecule has 3 nitrogen and oxygen atoms in total. The van der Waals surface area contributed by atoms with Crippen LogP contribution in [0.2, 0.25) is 0 Å². The second-order valence-corrected chi connectivity index (χ2v) is 35.3. The summed E-state index contributed by atoms with van der Waals surface area (Å²) >= 11 is 0. The highest BCUT2D eigenvalue weighted by atomic mass is 15.0. The lowest BCUT2D eigenvalue weighted by Crippen LogP contribution is -2.29. The summed E-state index contributed by atoms with van der Waals surface area (Å²) in [7, 11) is 0. The maximum atomic E-state index is 5.29. The first kappa shape index (κ1) is 85.1. The van der Waals surface area contributed by atoms with E-state index in [-0.39, 0.29) is 5.41 Å². The Morgan fingerprint density at radius 2 is 0.500 bits per heavy atom. The van der Waals surface area contributed by atoms with Gasteiger partial charge in [-0.3, -0.25) is 0 Å². The average molecular weight is 1540 g/mol. The fourth-order valence-corrected chi connectivity index (χ4v) is 19.6.